The first kappa shape index (κ1) is 25.5. The molecule has 0 unspecified atom stereocenters. The van der Waals surface area contributed by atoms with E-state index >= 15 is 0 Å². The lowest BCUT2D eigenvalue weighted by Crippen LogP contribution is -2.39. The van der Waals surface area contributed by atoms with E-state index in [1.54, 1.807) is 0 Å². The van der Waals surface area contributed by atoms with Gasteiger partial charge in [0.2, 0.25) is 0 Å². The zero-order valence-corrected chi connectivity index (χ0v) is 23.0. The molecule has 11 heteroatoms. The van der Waals surface area contributed by atoms with Crippen molar-refractivity contribution in [2.45, 2.75) is 51.2 Å². The number of para-hydroxylation sites is 1. The summed E-state index contributed by atoms with van der Waals surface area (Å²) in [6, 6.07) is 13.3. The molecule has 7 rings (SSSR count). The SMILES string of the molecule is Cc1nc(N2C[C@@H](Oc3nc4cc(Cl)ccc4n3[C@H]3CCOC[C@@H]3C)C[C@H]2C(O)O)c2oc3ccccc3c2n1. The molecule has 4 atom stereocenters. The highest BCUT2D eigenvalue weighted by Gasteiger charge is 2.41. The van der Waals surface area contributed by atoms with Crippen molar-refractivity contribution < 1.29 is 24.1 Å². The summed E-state index contributed by atoms with van der Waals surface area (Å²) in [6.45, 7) is 5.67. The topological polar surface area (TPSA) is 119 Å². The molecule has 0 spiro atoms. The van der Waals surface area contributed by atoms with Gasteiger partial charge in [-0.05, 0) is 43.7 Å². The Kier molecular flexibility index (Phi) is 6.31. The van der Waals surface area contributed by atoms with Gasteiger partial charge in [-0.3, -0.25) is 4.57 Å². The van der Waals surface area contributed by atoms with Gasteiger partial charge < -0.3 is 29.0 Å². The number of hydrogen-bond donors (Lipinski definition) is 2. The zero-order chi connectivity index (χ0) is 27.5. The molecule has 2 N–H and O–H groups in total. The van der Waals surface area contributed by atoms with Gasteiger partial charge in [-0.25, -0.2) is 9.97 Å². The first-order valence-electron chi connectivity index (χ1n) is 13.6. The minimum Gasteiger partial charge on any atom is -0.459 e. The molecule has 0 saturated carbocycles. The molecular weight excluding hydrogens is 534 g/mol. The number of fused-ring (bicyclic) bond motifs is 4. The van der Waals surface area contributed by atoms with E-state index in [-0.39, 0.29) is 18.1 Å². The maximum Gasteiger partial charge on any atom is 0.297 e. The van der Waals surface area contributed by atoms with Crippen LogP contribution in [-0.2, 0) is 4.74 Å². The molecule has 0 aliphatic carbocycles. The van der Waals surface area contributed by atoms with E-state index in [0.717, 1.165) is 22.8 Å². The van der Waals surface area contributed by atoms with Crippen molar-refractivity contribution in [2.75, 3.05) is 24.7 Å². The zero-order valence-electron chi connectivity index (χ0n) is 22.2. The molecule has 2 aliphatic rings. The number of aliphatic hydroxyl groups excluding tert-OH is 1. The largest absolute Gasteiger partial charge is 0.459 e. The summed E-state index contributed by atoms with van der Waals surface area (Å²) in [7, 11) is 0. The Morgan fingerprint density at radius 2 is 1.98 bits per heavy atom. The van der Waals surface area contributed by atoms with Crippen molar-refractivity contribution in [3.05, 3.63) is 53.3 Å². The van der Waals surface area contributed by atoms with Crippen molar-refractivity contribution >= 4 is 50.5 Å². The Labute approximate surface area is 235 Å². The highest BCUT2D eigenvalue weighted by molar-refractivity contribution is 6.31. The van der Waals surface area contributed by atoms with Crippen LogP contribution < -0.4 is 9.64 Å². The van der Waals surface area contributed by atoms with Crippen LogP contribution in [0, 0.1) is 12.8 Å². The molecule has 0 amide bonds. The Morgan fingerprint density at radius 1 is 1.12 bits per heavy atom. The van der Waals surface area contributed by atoms with Crippen molar-refractivity contribution in [1.29, 1.82) is 0 Å². The molecule has 2 saturated heterocycles. The first-order valence-corrected chi connectivity index (χ1v) is 14.0. The van der Waals surface area contributed by atoms with E-state index in [2.05, 4.69) is 16.5 Å². The maximum atomic E-state index is 10.4. The summed E-state index contributed by atoms with van der Waals surface area (Å²) in [5.41, 5.74) is 3.61. The van der Waals surface area contributed by atoms with Crippen molar-refractivity contribution in [3.63, 3.8) is 0 Å². The lowest BCUT2D eigenvalue weighted by molar-refractivity contribution is -0.0588. The molecular formula is C29H30ClN5O5. The van der Waals surface area contributed by atoms with E-state index in [4.69, 9.17) is 35.5 Å². The molecule has 40 heavy (non-hydrogen) atoms. The van der Waals surface area contributed by atoms with Crippen LogP contribution in [-0.4, -0.2) is 67.9 Å². The van der Waals surface area contributed by atoms with Gasteiger partial charge in [0.15, 0.2) is 17.7 Å². The number of aryl methyl sites for hydroxylation is 1. The van der Waals surface area contributed by atoms with Gasteiger partial charge in [-0.15, -0.1) is 0 Å². The average Bonchev–Trinajstić information content (AvgIpc) is 3.62. The van der Waals surface area contributed by atoms with Gasteiger partial charge in [0.1, 0.15) is 23.0 Å². The highest BCUT2D eigenvalue weighted by Crippen LogP contribution is 2.39. The number of ether oxygens (including phenoxy) is 2. The van der Waals surface area contributed by atoms with Crippen LogP contribution in [0.25, 0.3) is 33.1 Å². The fourth-order valence-corrected chi connectivity index (χ4v) is 6.34. The van der Waals surface area contributed by atoms with Crippen LogP contribution in [0.15, 0.2) is 46.9 Å². The second-order valence-electron chi connectivity index (χ2n) is 10.8. The highest BCUT2D eigenvalue weighted by atomic mass is 35.5. The normalized spacial score (nSPS) is 23.7. The van der Waals surface area contributed by atoms with Crippen LogP contribution in [0.5, 0.6) is 6.01 Å². The quantitative estimate of drug-likeness (QED) is 0.295. The summed E-state index contributed by atoms with van der Waals surface area (Å²) in [6.07, 6.45) is -0.806. The monoisotopic (exact) mass is 563 g/mol. The Morgan fingerprint density at radius 3 is 2.80 bits per heavy atom. The Balaban J connectivity index is 1.27. The molecule has 5 heterocycles. The number of imidazole rings is 1. The maximum absolute atomic E-state index is 10.4. The molecule has 5 aromatic rings. The fraction of sp³-hybridized carbons (Fsp3) is 0.414. The molecule has 0 bridgehead atoms. The van der Waals surface area contributed by atoms with E-state index < -0.39 is 12.3 Å². The first-order chi connectivity index (χ1) is 19.4. The second-order valence-corrected chi connectivity index (χ2v) is 11.2. The summed E-state index contributed by atoms with van der Waals surface area (Å²) in [5.74, 6) is 1.35. The molecule has 10 nitrogen and oxygen atoms in total. The number of anilines is 1. The number of aliphatic hydroxyl groups is 2. The third kappa shape index (κ3) is 4.26. The lowest BCUT2D eigenvalue weighted by atomic mass is 9.97. The van der Waals surface area contributed by atoms with Gasteiger partial charge in [-0.1, -0.05) is 30.7 Å². The van der Waals surface area contributed by atoms with Crippen LogP contribution in [0.2, 0.25) is 5.02 Å². The minimum atomic E-state index is -1.61. The van der Waals surface area contributed by atoms with Gasteiger partial charge >= 0.3 is 0 Å². The van der Waals surface area contributed by atoms with E-state index in [1.807, 2.05) is 54.3 Å². The third-order valence-electron chi connectivity index (χ3n) is 8.05. The Hall–Kier alpha value is -3.44. The van der Waals surface area contributed by atoms with Crippen LogP contribution in [0.1, 0.15) is 31.6 Å². The molecule has 0 radical (unpaired) electrons. The van der Waals surface area contributed by atoms with Gasteiger partial charge in [0.25, 0.3) is 6.01 Å². The van der Waals surface area contributed by atoms with Crippen molar-refractivity contribution in [2.24, 2.45) is 5.92 Å². The number of rotatable bonds is 5. The summed E-state index contributed by atoms with van der Waals surface area (Å²) in [5, 5.41) is 22.3. The molecule has 3 aromatic heterocycles. The van der Waals surface area contributed by atoms with E-state index in [1.165, 1.54) is 0 Å². The number of aromatic nitrogens is 4. The summed E-state index contributed by atoms with van der Waals surface area (Å²) < 4.78 is 20.6. The van der Waals surface area contributed by atoms with Gasteiger partial charge in [0.05, 0.1) is 30.2 Å². The minimum absolute atomic E-state index is 0.145. The number of nitrogens with zero attached hydrogens (tertiary/aromatic N) is 5. The predicted octanol–water partition coefficient (Wildman–Crippen LogP) is 4.62. The second kappa shape index (κ2) is 9.88. The van der Waals surface area contributed by atoms with E-state index in [9.17, 15) is 10.2 Å². The van der Waals surface area contributed by atoms with Crippen molar-refractivity contribution in [1.82, 2.24) is 19.5 Å². The van der Waals surface area contributed by atoms with Crippen LogP contribution in [0.4, 0.5) is 5.82 Å². The molecule has 2 aliphatic heterocycles. The van der Waals surface area contributed by atoms with Crippen LogP contribution in [0.3, 0.4) is 0 Å². The number of furan rings is 1. The average molecular weight is 564 g/mol. The standard InChI is InChI=1S/C29H30ClN5O5/c1-15-14-38-10-9-21(15)35-22-8-7-17(30)11-20(22)33-29(35)39-18-12-23(28(36)37)34(13-18)27-26-25(31-16(2)32-27)19-5-3-4-6-24(19)40-26/h3-8,11,15,18,21,23,28,36-37H,9-10,12-14H2,1-2H3/t15-,18-,21-,23-/m0/s1. The smallest absolute Gasteiger partial charge is 0.297 e. The van der Waals surface area contributed by atoms with Crippen LogP contribution >= 0.6 is 11.6 Å². The lowest BCUT2D eigenvalue weighted by Gasteiger charge is -2.31. The van der Waals surface area contributed by atoms with Gasteiger partial charge in [-0.2, -0.15) is 4.98 Å². The van der Waals surface area contributed by atoms with Crippen molar-refractivity contribution in [3.8, 4) is 6.01 Å². The summed E-state index contributed by atoms with van der Waals surface area (Å²) in [4.78, 5) is 16.0. The Bertz CT molecular complexity index is 1720. The number of halogens is 1. The number of hydrogen-bond acceptors (Lipinski definition) is 9. The third-order valence-corrected chi connectivity index (χ3v) is 8.29. The molecule has 2 fully saturated rings. The van der Waals surface area contributed by atoms with Gasteiger partial charge in [0, 0.05) is 35.4 Å². The molecule has 208 valence electrons. The molecule has 2 aromatic carbocycles. The number of benzene rings is 2. The predicted molar refractivity (Wildman–Crippen MR) is 151 cm³/mol. The summed E-state index contributed by atoms with van der Waals surface area (Å²) >= 11 is 6.30. The fourth-order valence-electron chi connectivity index (χ4n) is 6.17. The van der Waals surface area contributed by atoms with E-state index in [0.29, 0.717) is 65.5 Å².